The molecule has 0 fully saturated rings. The highest BCUT2D eigenvalue weighted by Crippen LogP contribution is 2.31. The molecular formula is C27H32FN3O6S2. The lowest BCUT2D eigenvalue weighted by molar-refractivity contribution is 0.0285. The average Bonchev–Trinajstić information content (AvgIpc) is 3.21. The van der Waals surface area contributed by atoms with Gasteiger partial charge >= 0.3 is 11.4 Å². The first-order valence-corrected chi connectivity index (χ1v) is 14.2. The van der Waals surface area contributed by atoms with Crippen molar-refractivity contribution in [3.63, 3.8) is 0 Å². The first kappa shape index (κ1) is 30.2. The number of benzene rings is 1. The summed E-state index contributed by atoms with van der Waals surface area (Å²) in [6.45, 7) is 10.4. The highest BCUT2D eigenvalue weighted by molar-refractivity contribution is 8.13. The normalized spacial score (nSPS) is 12.2. The monoisotopic (exact) mass is 577 g/mol. The molecule has 0 radical (unpaired) electrons. The van der Waals surface area contributed by atoms with E-state index >= 15 is 0 Å². The van der Waals surface area contributed by atoms with Crippen LogP contribution in [0.2, 0.25) is 0 Å². The molecule has 0 spiro atoms. The highest BCUT2D eigenvalue weighted by atomic mass is 32.2. The maximum Gasteiger partial charge on any atom is 0.410 e. The van der Waals surface area contributed by atoms with Crippen molar-refractivity contribution in [2.24, 2.45) is 0 Å². The second-order valence-electron chi connectivity index (χ2n) is 10.8. The van der Waals surface area contributed by atoms with E-state index in [9.17, 15) is 22.4 Å². The number of pyridine rings is 1. The Hall–Kier alpha value is -3.38. The molecule has 1 aromatic carbocycles. The van der Waals surface area contributed by atoms with Crippen LogP contribution in [0.3, 0.4) is 0 Å². The number of hydrogen-bond donors (Lipinski definition) is 0. The van der Waals surface area contributed by atoms with E-state index in [1.807, 2.05) is 0 Å². The number of ether oxygens (including phenoxy) is 2. The van der Waals surface area contributed by atoms with Gasteiger partial charge < -0.3 is 14.4 Å². The topological polar surface area (TPSA) is 108 Å². The maximum atomic E-state index is 14.8. The SMILES string of the molecule is CN(Cc1cc(-c2ccccc2F)n(S(=O)(=O)c2cncc(SC(=O)OC(C)(C)C)c2)c1)C(=O)OC(C)(C)C. The van der Waals surface area contributed by atoms with Gasteiger partial charge in [-0.15, -0.1) is 0 Å². The van der Waals surface area contributed by atoms with E-state index in [4.69, 9.17) is 9.47 Å². The number of aromatic nitrogens is 2. The predicted octanol–water partition coefficient (Wildman–Crippen LogP) is 6.32. The van der Waals surface area contributed by atoms with Crippen LogP contribution in [-0.4, -0.2) is 51.9 Å². The number of amides is 1. The van der Waals surface area contributed by atoms with E-state index in [1.54, 1.807) is 47.6 Å². The molecule has 3 rings (SSSR count). The molecule has 0 unspecified atom stereocenters. The van der Waals surface area contributed by atoms with Crippen LogP contribution >= 0.6 is 11.8 Å². The van der Waals surface area contributed by atoms with Crippen molar-refractivity contribution in [2.45, 2.75) is 69.1 Å². The van der Waals surface area contributed by atoms with Crippen molar-refractivity contribution >= 4 is 33.2 Å². The van der Waals surface area contributed by atoms with Gasteiger partial charge in [0.1, 0.15) is 21.9 Å². The van der Waals surface area contributed by atoms with E-state index < -0.39 is 38.4 Å². The third-order valence-corrected chi connectivity index (χ3v) is 7.30. The van der Waals surface area contributed by atoms with Crippen LogP contribution in [0.25, 0.3) is 11.3 Å². The molecule has 0 bridgehead atoms. The quantitative estimate of drug-likeness (QED) is 0.247. The summed E-state index contributed by atoms with van der Waals surface area (Å²) in [6.07, 6.45) is 3.22. The summed E-state index contributed by atoms with van der Waals surface area (Å²) < 4.78 is 54.0. The van der Waals surface area contributed by atoms with Gasteiger partial charge in [0.15, 0.2) is 0 Å². The highest BCUT2D eigenvalue weighted by Gasteiger charge is 2.26. The van der Waals surface area contributed by atoms with Crippen LogP contribution < -0.4 is 0 Å². The van der Waals surface area contributed by atoms with Gasteiger partial charge in [-0.2, -0.15) is 0 Å². The Labute approximate surface area is 232 Å². The zero-order valence-electron chi connectivity index (χ0n) is 22.9. The summed E-state index contributed by atoms with van der Waals surface area (Å²) in [7, 11) is -2.79. The third-order valence-electron chi connectivity index (χ3n) is 4.95. The van der Waals surface area contributed by atoms with Crippen molar-refractivity contribution in [1.82, 2.24) is 13.9 Å². The minimum Gasteiger partial charge on any atom is -0.452 e. The molecule has 0 aliphatic carbocycles. The fourth-order valence-electron chi connectivity index (χ4n) is 3.40. The lowest BCUT2D eigenvalue weighted by Crippen LogP contribution is -2.33. The largest absolute Gasteiger partial charge is 0.452 e. The third kappa shape index (κ3) is 8.06. The zero-order valence-corrected chi connectivity index (χ0v) is 24.5. The van der Waals surface area contributed by atoms with E-state index in [2.05, 4.69) is 4.98 Å². The smallest absolute Gasteiger partial charge is 0.410 e. The van der Waals surface area contributed by atoms with E-state index in [1.165, 1.54) is 54.7 Å². The minimum atomic E-state index is -4.30. The molecule has 9 nitrogen and oxygen atoms in total. The van der Waals surface area contributed by atoms with Gasteiger partial charge in [-0.1, -0.05) is 12.1 Å². The standard InChI is InChI=1S/C27H32FN3O6S2/c1-26(2,3)36-24(32)30(7)16-18-12-23(21-10-8-9-11-22(21)28)31(17-18)39(34,35)20-13-19(14-29-15-20)38-25(33)37-27(4,5)6/h8-15,17H,16H2,1-7H3. The number of halogens is 1. The molecular weight excluding hydrogens is 545 g/mol. The molecule has 3 aromatic rings. The number of thioether (sulfide) groups is 1. The van der Waals surface area contributed by atoms with Crippen molar-refractivity contribution in [2.75, 3.05) is 7.05 Å². The summed E-state index contributed by atoms with van der Waals surface area (Å²) in [6, 6.07) is 8.59. The van der Waals surface area contributed by atoms with Gasteiger partial charge in [0.25, 0.3) is 10.0 Å². The van der Waals surface area contributed by atoms with Crippen molar-refractivity contribution in [3.05, 3.63) is 66.4 Å². The van der Waals surface area contributed by atoms with Gasteiger partial charge in [0.2, 0.25) is 0 Å². The maximum absolute atomic E-state index is 14.8. The van der Waals surface area contributed by atoms with Crippen molar-refractivity contribution in [3.8, 4) is 11.3 Å². The molecule has 210 valence electrons. The number of carbonyl (C=O) groups excluding carboxylic acids is 2. The first-order chi connectivity index (χ1) is 18.0. The second-order valence-corrected chi connectivity index (χ2v) is 13.6. The Morgan fingerprint density at radius 2 is 1.67 bits per heavy atom. The van der Waals surface area contributed by atoms with Crippen LogP contribution in [0.4, 0.5) is 14.0 Å². The first-order valence-electron chi connectivity index (χ1n) is 12.0. The molecule has 0 aliphatic heterocycles. The van der Waals surface area contributed by atoms with Crippen LogP contribution in [0, 0.1) is 5.82 Å². The molecule has 0 N–H and O–H groups in total. The van der Waals surface area contributed by atoms with Crippen LogP contribution in [0.1, 0.15) is 47.1 Å². The Morgan fingerprint density at radius 3 is 2.28 bits per heavy atom. The Balaban J connectivity index is 2.02. The Kier molecular flexibility index (Phi) is 8.81. The number of carbonyl (C=O) groups is 2. The van der Waals surface area contributed by atoms with E-state index in [0.717, 1.165) is 10.2 Å². The molecule has 2 heterocycles. The summed E-state index contributed by atoms with van der Waals surface area (Å²) in [5.74, 6) is -0.619. The number of hydrogen-bond acceptors (Lipinski definition) is 8. The molecule has 2 aromatic heterocycles. The van der Waals surface area contributed by atoms with Crippen LogP contribution in [-0.2, 0) is 26.0 Å². The van der Waals surface area contributed by atoms with Gasteiger partial charge in [-0.25, -0.2) is 26.4 Å². The molecule has 0 atom stereocenters. The summed E-state index contributed by atoms with van der Waals surface area (Å²) in [5.41, 5.74) is -0.888. The summed E-state index contributed by atoms with van der Waals surface area (Å²) in [4.78, 5) is 30.1. The van der Waals surface area contributed by atoms with Crippen LogP contribution in [0.15, 0.2) is 64.8 Å². The second kappa shape index (κ2) is 11.4. The average molecular weight is 578 g/mol. The molecule has 39 heavy (non-hydrogen) atoms. The van der Waals surface area contributed by atoms with Crippen molar-refractivity contribution < 1.29 is 31.9 Å². The fraction of sp³-hybridized carbons (Fsp3) is 0.370. The Morgan fingerprint density at radius 1 is 1.03 bits per heavy atom. The van der Waals surface area contributed by atoms with Gasteiger partial charge in [-0.05, 0) is 83.1 Å². The van der Waals surface area contributed by atoms with Gasteiger partial charge in [-0.3, -0.25) is 4.98 Å². The zero-order chi connectivity index (χ0) is 29.2. The van der Waals surface area contributed by atoms with E-state index in [0.29, 0.717) is 17.3 Å². The lowest BCUT2D eigenvalue weighted by Gasteiger charge is -2.24. The van der Waals surface area contributed by atoms with E-state index in [-0.39, 0.29) is 27.6 Å². The van der Waals surface area contributed by atoms with Crippen LogP contribution in [0.5, 0.6) is 0 Å². The molecule has 12 heteroatoms. The number of nitrogens with zero attached hydrogens (tertiary/aromatic N) is 3. The predicted molar refractivity (Wildman–Crippen MR) is 146 cm³/mol. The number of rotatable bonds is 6. The Bertz CT molecular complexity index is 1470. The minimum absolute atomic E-state index is 0.00563. The molecule has 0 saturated heterocycles. The fourth-order valence-corrected chi connectivity index (χ4v) is 5.64. The molecule has 0 aliphatic rings. The van der Waals surface area contributed by atoms with Crippen molar-refractivity contribution in [1.29, 1.82) is 0 Å². The summed E-state index contributed by atoms with van der Waals surface area (Å²) >= 11 is 0.705. The summed E-state index contributed by atoms with van der Waals surface area (Å²) in [5, 5.41) is -0.612. The lowest BCUT2D eigenvalue weighted by atomic mass is 10.1. The van der Waals surface area contributed by atoms with Gasteiger partial charge in [0.05, 0.1) is 12.2 Å². The van der Waals surface area contributed by atoms with Gasteiger partial charge in [0, 0.05) is 36.1 Å². The molecule has 0 saturated carbocycles. The molecule has 1 amide bonds.